The highest BCUT2D eigenvalue weighted by atomic mass is 127. The van der Waals surface area contributed by atoms with Crippen LogP contribution < -0.4 is 0 Å². The smallest absolute Gasteiger partial charge is 0.169 e. The van der Waals surface area contributed by atoms with Gasteiger partial charge in [0.15, 0.2) is 4.90 Å². The molecular formula is C15H13IN2OS. The zero-order valence-corrected chi connectivity index (χ0v) is 13.9. The van der Waals surface area contributed by atoms with Crippen molar-refractivity contribution in [1.82, 2.24) is 9.38 Å². The summed E-state index contributed by atoms with van der Waals surface area (Å²) in [6, 6.07) is 12.1. The van der Waals surface area contributed by atoms with Gasteiger partial charge in [-0.15, -0.1) is 0 Å². The molecule has 0 radical (unpaired) electrons. The number of rotatable bonds is 3. The molecule has 0 saturated heterocycles. The number of imidazole rings is 1. The van der Waals surface area contributed by atoms with E-state index < -0.39 is 11.2 Å². The van der Waals surface area contributed by atoms with Gasteiger partial charge in [0.2, 0.25) is 0 Å². The second-order valence-corrected chi connectivity index (χ2v) is 7.38. The molecule has 0 amide bonds. The van der Waals surface area contributed by atoms with Gasteiger partial charge in [-0.1, -0.05) is 12.1 Å². The van der Waals surface area contributed by atoms with Gasteiger partial charge in [0, 0.05) is 15.3 Å². The number of halogens is 1. The Morgan fingerprint density at radius 3 is 2.60 bits per heavy atom. The number of hydrogen-bond acceptors (Lipinski definition) is 2. The summed E-state index contributed by atoms with van der Waals surface area (Å²) in [5.74, 6) is 0.629. The Kier molecular flexibility index (Phi) is 4.00. The monoisotopic (exact) mass is 396 g/mol. The molecule has 0 N–H and O–H groups in total. The van der Waals surface area contributed by atoms with Crippen molar-refractivity contribution in [1.29, 1.82) is 0 Å². The highest BCUT2D eigenvalue weighted by Crippen LogP contribution is 2.21. The average molecular weight is 396 g/mol. The number of aromatic nitrogens is 2. The summed E-state index contributed by atoms with van der Waals surface area (Å²) in [5.41, 5.74) is 2.89. The first-order chi connectivity index (χ1) is 9.67. The first-order valence-corrected chi connectivity index (χ1v) is 8.70. The second kappa shape index (κ2) is 5.75. The van der Waals surface area contributed by atoms with Crippen molar-refractivity contribution in [3.05, 3.63) is 52.4 Å². The molecule has 3 aromatic rings. The molecule has 0 aliphatic carbocycles. The van der Waals surface area contributed by atoms with E-state index in [0.717, 1.165) is 21.8 Å². The van der Waals surface area contributed by atoms with Crippen LogP contribution in [-0.2, 0) is 11.2 Å². The van der Waals surface area contributed by atoms with Gasteiger partial charge >= 0.3 is 0 Å². The van der Waals surface area contributed by atoms with Crippen molar-refractivity contribution in [2.75, 3.05) is 5.75 Å². The SMILES string of the molecule is CC[S+]([O-])c1ccc2nc(-c3ccc(I)cc3)cn2c1. The minimum absolute atomic E-state index is 0.629. The fourth-order valence-electron chi connectivity index (χ4n) is 2.03. The molecule has 1 unspecified atom stereocenters. The molecule has 5 heteroatoms. The summed E-state index contributed by atoms with van der Waals surface area (Å²) >= 11 is 1.35. The summed E-state index contributed by atoms with van der Waals surface area (Å²) in [6.07, 6.45) is 3.88. The molecule has 1 atom stereocenters. The third-order valence-corrected chi connectivity index (χ3v) is 5.10. The van der Waals surface area contributed by atoms with Crippen LogP contribution in [0.1, 0.15) is 6.92 Å². The molecule has 3 rings (SSSR count). The molecule has 3 nitrogen and oxygen atoms in total. The number of nitrogens with zero attached hydrogens (tertiary/aromatic N) is 2. The third kappa shape index (κ3) is 2.70. The molecule has 0 aliphatic heterocycles. The maximum absolute atomic E-state index is 11.8. The van der Waals surface area contributed by atoms with E-state index in [0.29, 0.717) is 5.75 Å². The van der Waals surface area contributed by atoms with E-state index in [2.05, 4.69) is 51.8 Å². The molecule has 0 saturated carbocycles. The van der Waals surface area contributed by atoms with Crippen molar-refractivity contribution in [2.45, 2.75) is 11.8 Å². The molecule has 1 aromatic carbocycles. The Morgan fingerprint density at radius 2 is 1.90 bits per heavy atom. The van der Waals surface area contributed by atoms with Gasteiger partial charge in [-0.25, -0.2) is 4.98 Å². The Hall–Kier alpha value is -1.05. The lowest BCUT2D eigenvalue weighted by atomic mass is 10.2. The van der Waals surface area contributed by atoms with Gasteiger partial charge in [0.05, 0.1) is 11.9 Å². The van der Waals surface area contributed by atoms with Gasteiger partial charge in [-0.3, -0.25) is 0 Å². The molecule has 0 fully saturated rings. The molecule has 2 aromatic heterocycles. The van der Waals surface area contributed by atoms with E-state index in [-0.39, 0.29) is 0 Å². The van der Waals surface area contributed by atoms with Gasteiger partial charge in [-0.05, 0) is 65.0 Å². The van der Waals surface area contributed by atoms with Gasteiger partial charge in [0.1, 0.15) is 11.4 Å². The van der Waals surface area contributed by atoms with Crippen LogP contribution in [0.15, 0.2) is 53.7 Å². The van der Waals surface area contributed by atoms with Gasteiger partial charge in [0.25, 0.3) is 0 Å². The van der Waals surface area contributed by atoms with Crippen LogP contribution in [0.4, 0.5) is 0 Å². The van der Waals surface area contributed by atoms with Crippen LogP contribution in [0.5, 0.6) is 0 Å². The Bertz CT molecular complexity index is 739. The fourth-order valence-corrected chi connectivity index (χ4v) is 3.18. The van der Waals surface area contributed by atoms with Crippen molar-refractivity contribution < 1.29 is 4.55 Å². The van der Waals surface area contributed by atoms with Crippen molar-refractivity contribution in [3.8, 4) is 11.3 Å². The van der Waals surface area contributed by atoms with Crippen LogP contribution in [0.3, 0.4) is 0 Å². The maximum Gasteiger partial charge on any atom is 0.169 e. The topological polar surface area (TPSA) is 40.4 Å². The summed E-state index contributed by atoms with van der Waals surface area (Å²) in [6.45, 7) is 1.92. The molecule has 0 spiro atoms. The summed E-state index contributed by atoms with van der Waals surface area (Å²) in [5, 5.41) is 0. The highest BCUT2D eigenvalue weighted by Gasteiger charge is 2.10. The zero-order chi connectivity index (χ0) is 14.1. The third-order valence-electron chi connectivity index (χ3n) is 3.09. The van der Waals surface area contributed by atoms with E-state index in [9.17, 15) is 4.55 Å². The predicted octanol–water partition coefficient (Wildman–Crippen LogP) is 3.73. The van der Waals surface area contributed by atoms with Crippen LogP contribution in [0.2, 0.25) is 0 Å². The lowest BCUT2D eigenvalue weighted by Crippen LogP contribution is -2.04. The number of pyridine rings is 1. The molecule has 102 valence electrons. The number of fused-ring (bicyclic) bond motifs is 1. The number of hydrogen-bond donors (Lipinski definition) is 0. The largest absolute Gasteiger partial charge is 0.611 e. The van der Waals surface area contributed by atoms with E-state index >= 15 is 0 Å². The second-order valence-electron chi connectivity index (χ2n) is 4.40. The Balaban J connectivity index is 2.04. The van der Waals surface area contributed by atoms with Crippen LogP contribution >= 0.6 is 22.6 Å². The predicted molar refractivity (Wildman–Crippen MR) is 90.3 cm³/mol. The Labute approximate surface area is 134 Å². The van der Waals surface area contributed by atoms with Gasteiger partial charge in [-0.2, -0.15) is 0 Å². The molecule has 0 aliphatic rings. The van der Waals surface area contributed by atoms with Crippen molar-refractivity contribution in [2.24, 2.45) is 0 Å². The lowest BCUT2D eigenvalue weighted by Gasteiger charge is -2.07. The van der Waals surface area contributed by atoms with E-state index in [4.69, 9.17) is 0 Å². The molecular weight excluding hydrogens is 383 g/mol. The minimum atomic E-state index is -0.934. The average Bonchev–Trinajstić information content (AvgIpc) is 2.90. The summed E-state index contributed by atoms with van der Waals surface area (Å²) < 4.78 is 15.0. The number of benzene rings is 1. The Morgan fingerprint density at radius 1 is 1.15 bits per heavy atom. The zero-order valence-electron chi connectivity index (χ0n) is 10.9. The quantitative estimate of drug-likeness (QED) is 0.500. The standard InChI is InChI=1S/C15H13IN2OS/c1-2-20(19)13-7-8-15-17-14(10-18(15)9-13)11-3-5-12(16)6-4-11/h3-10H,2H2,1H3. The van der Waals surface area contributed by atoms with Crippen molar-refractivity contribution >= 4 is 39.4 Å². The van der Waals surface area contributed by atoms with E-state index in [1.165, 1.54) is 3.57 Å². The molecule has 0 bridgehead atoms. The van der Waals surface area contributed by atoms with E-state index in [1.54, 1.807) is 0 Å². The summed E-state index contributed by atoms with van der Waals surface area (Å²) in [4.78, 5) is 5.44. The lowest BCUT2D eigenvalue weighted by molar-refractivity contribution is 0.595. The summed E-state index contributed by atoms with van der Waals surface area (Å²) in [7, 11) is 0. The molecule has 2 heterocycles. The highest BCUT2D eigenvalue weighted by molar-refractivity contribution is 14.1. The first-order valence-electron chi connectivity index (χ1n) is 6.30. The first kappa shape index (κ1) is 13.9. The van der Waals surface area contributed by atoms with Crippen LogP contribution in [0.25, 0.3) is 16.9 Å². The molecule has 20 heavy (non-hydrogen) atoms. The van der Waals surface area contributed by atoms with E-state index in [1.807, 2.05) is 35.9 Å². The fraction of sp³-hybridized carbons (Fsp3) is 0.133. The van der Waals surface area contributed by atoms with Crippen LogP contribution in [0, 0.1) is 3.57 Å². The van der Waals surface area contributed by atoms with Gasteiger partial charge < -0.3 is 8.95 Å². The maximum atomic E-state index is 11.8. The van der Waals surface area contributed by atoms with Crippen molar-refractivity contribution in [3.63, 3.8) is 0 Å². The normalized spacial score (nSPS) is 12.8. The minimum Gasteiger partial charge on any atom is -0.611 e. The van der Waals surface area contributed by atoms with Crippen LogP contribution in [-0.4, -0.2) is 19.7 Å².